The number of carbonyl (C=O) groups excluding carboxylic acids is 1. The van der Waals surface area contributed by atoms with Crippen molar-refractivity contribution in [1.82, 2.24) is 10.2 Å². The molecule has 0 radical (unpaired) electrons. The zero-order valence-corrected chi connectivity index (χ0v) is 13.5. The van der Waals surface area contributed by atoms with Crippen LogP contribution in [0, 0.1) is 11.2 Å². The summed E-state index contributed by atoms with van der Waals surface area (Å²) in [4.78, 5) is 14.1. The van der Waals surface area contributed by atoms with Gasteiger partial charge in [0.1, 0.15) is 5.82 Å². The van der Waals surface area contributed by atoms with E-state index in [4.69, 9.17) is 4.74 Å². The molecule has 5 heteroatoms. The van der Waals surface area contributed by atoms with Crippen LogP contribution < -0.4 is 5.32 Å². The van der Waals surface area contributed by atoms with Crippen LogP contribution in [0.4, 0.5) is 4.39 Å². The zero-order chi connectivity index (χ0) is 16.0. The molecule has 1 saturated heterocycles. The Morgan fingerprint density at radius 3 is 2.91 bits per heavy atom. The van der Waals surface area contributed by atoms with Crippen LogP contribution in [-0.2, 0) is 17.7 Å². The fourth-order valence-electron chi connectivity index (χ4n) is 4.48. The smallest absolute Gasteiger partial charge is 0.337 e. The highest BCUT2D eigenvalue weighted by molar-refractivity contribution is 5.89. The van der Waals surface area contributed by atoms with Crippen LogP contribution in [0.2, 0.25) is 0 Å². The molecular weight excluding hydrogens is 295 g/mol. The van der Waals surface area contributed by atoms with Gasteiger partial charge < -0.3 is 10.1 Å². The van der Waals surface area contributed by atoms with Crippen molar-refractivity contribution in [3.8, 4) is 0 Å². The van der Waals surface area contributed by atoms with Gasteiger partial charge in [-0.3, -0.25) is 4.90 Å². The summed E-state index contributed by atoms with van der Waals surface area (Å²) in [5, 5.41) is 3.39. The molecule has 23 heavy (non-hydrogen) atoms. The molecule has 3 aliphatic rings. The lowest BCUT2D eigenvalue weighted by molar-refractivity contribution is 0.0599. The second kappa shape index (κ2) is 5.56. The Bertz CT molecular complexity index is 642. The van der Waals surface area contributed by atoms with Crippen molar-refractivity contribution in [1.29, 1.82) is 0 Å². The molecule has 2 aliphatic heterocycles. The number of benzene rings is 1. The van der Waals surface area contributed by atoms with E-state index < -0.39 is 5.97 Å². The van der Waals surface area contributed by atoms with E-state index in [-0.39, 0.29) is 5.82 Å². The third kappa shape index (κ3) is 2.56. The number of methoxy groups -OCH3 is 1. The maximum absolute atomic E-state index is 14.5. The predicted molar refractivity (Wildman–Crippen MR) is 84.8 cm³/mol. The Kier molecular flexibility index (Phi) is 3.65. The third-order valence-electron chi connectivity index (χ3n) is 5.93. The molecule has 1 saturated carbocycles. The highest BCUT2D eigenvalue weighted by Crippen LogP contribution is 2.44. The van der Waals surface area contributed by atoms with Gasteiger partial charge in [0, 0.05) is 37.8 Å². The van der Waals surface area contributed by atoms with Crippen LogP contribution in [0.1, 0.15) is 40.7 Å². The summed E-state index contributed by atoms with van der Waals surface area (Å²) in [6.45, 7) is 3.90. The summed E-state index contributed by atoms with van der Waals surface area (Å²) in [5.74, 6) is -0.741. The highest BCUT2D eigenvalue weighted by Gasteiger charge is 2.45. The second-order valence-electron chi connectivity index (χ2n) is 7.31. The molecule has 1 aromatic rings. The van der Waals surface area contributed by atoms with E-state index in [2.05, 4.69) is 10.2 Å². The summed E-state index contributed by atoms with van der Waals surface area (Å²) < 4.78 is 19.2. The molecular formula is C18H23FN2O2. The molecule has 2 heterocycles. The van der Waals surface area contributed by atoms with Crippen LogP contribution in [-0.4, -0.2) is 43.7 Å². The molecule has 1 unspecified atom stereocenters. The fraction of sp³-hybridized carbons (Fsp3) is 0.611. The summed E-state index contributed by atoms with van der Waals surface area (Å²) in [6.07, 6.45) is 4.55. The Morgan fingerprint density at radius 1 is 1.43 bits per heavy atom. The van der Waals surface area contributed by atoms with Gasteiger partial charge in [-0.1, -0.05) is 0 Å². The first kappa shape index (κ1) is 15.1. The molecule has 1 aromatic carbocycles. The number of esters is 1. The molecule has 0 aromatic heterocycles. The summed E-state index contributed by atoms with van der Waals surface area (Å²) in [5.41, 5.74) is 2.55. The van der Waals surface area contributed by atoms with Gasteiger partial charge in [0.05, 0.1) is 12.7 Å². The van der Waals surface area contributed by atoms with Crippen molar-refractivity contribution >= 4 is 5.97 Å². The normalized spacial score (nSPS) is 25.9. The van der Waals surface area contributed by atoms with Crippen LogP contribution in [0.25, 0.3) is 0 Å². The van der Waals surface area contributed by atoms with E-state index in [0.717, 1.165) is 37.2 Å². The fourth-order valence-corrected chi connectivity index (χ4v) is 4.48. The van der Waals surface area contributed by atoms with Gasteiger partial charge in [-0.15, -0.1) is 0 Å². The van der Waals surface area contributed by atoms with Crippen molar-refractivity contribution < 1.29 is 13.9 Å². The predicted octanol–water partition coefficient (Wildman–Crippen LogP) is 2.11. The number of nitrogens with zero attached hydrogens (tertiary/aromatic N) is 1. The molecule has 2 fully saturated rings. The van der Waals surface area contributed by atoms with Crippen LogP contribution in [0.15, 0.2) is 12.1 Å². The van der Waals surface area contributed by atoms with Gasteiger partial charge in [0.15, 0.2) is 0 Å². The Balaban J connectivity index is 1.52. The minimum atomic E-state index is -0.468. The van der Waals surface area contributed by atoms with E-state index in [0.29, 0.717) is 23.6 Å². The molecule has 124 valence electrons. The minimum Gasteiger partial charge on any atom is -0.465 e. The SMILES string of the molecule is COC(=O)c1cc(F)c2c(c1)CCN(C1CCC3(CNC3)C1)C2. The van der Waals surface area contributed by atoms with Crippen molar-refractivity contribution in [2.75, 3.05) is 26.7 Å². The van der Waals surface area contributed by atoms with Crippen LogP contribution in [0.5, 0.6) is 0 Å². The van der Waals surface area contributed by atoms with E-state index in [1.165, 1.54) is 32.4 Å². The van der Waals surface area contributed by atoms with Gasteiger partial charge in [0.2, 0.25) is 0 Å². The lowest BCUT2D eigenvalue weighted by Gasteiger charge is -2.41. The maximum Gasteiger partial charge on any atom is 0.337 e. The number of halogens is 1. The Labute approximate surface area is 136 Å². The number of ether oxygens (including phenoxy) is 1. The van der Waals surface area contributed by atoms with E-state index in [1.807, 2.05) is 0 Å². The molecule has 4 nitrogen and oxygen atoms in total. The van der Waals surface area contributed by atoms with Crippen LogP contribution >= 0.6 is 0 Å². The summed E-state index contributed by atoms with van der Waals surface area (Å²) >= 11 is 0. The largest absolute Gasteiger partial charge is 0.465 e. The van der Waals surface area contributed by atoms with Crippen molar-refractivity contribution in [3.05, 3.63) is 34.6 Å². The third-order valence-corrected chi connectivity index (χ3v) is 5.93. The Morgan fingerprint density at radius 2 is 2.26 bits per heavy atom. The summed E-state index contributed by atoms with van der Waals surface area (Å²) in [7, 11) is 1.33. The molecule has 0 bridgehead atoms. The monoisotopic (exact) mass is 318 g/mol. The minimum absolute atomic E-state index is 0.273. The van der Waals surface area contributed by atoms with E-state index in [9.17, 15) is 9.18 Å². The number of carbonyl (C=O) groups is 1. The van der Waals surface area contributed by atoms with Gasteiger partial charge in [-0.2, -0.15) is 0 Å². The average molecular weight is 318 g/mol. The second-order valence-corrected chi connectivity index (χ2v) is 7.31. The first-order valence-electron chi connectivity index (χ1n) is 8.45. The quantitative estimate of drug-likeness (QED) is 0.848. The lowest BCUT2D eigenvalue weighted by atomic mass is 9.80. The van der Waals surface area contributed by atoms with E-state index >= 15 is 0 Å². The number of nitrogens with one attached hydrogen (secondary N) is 1. The molecule has 0 amide bonds. The number of rotatable bonds is 2. The molecule has 1 aliphatic carbocycles. The Hall–Kier alpha value is -1.46. The average Bonchev–Trinajstić information content (AvgIpc) is 2.99. The van der Waals surface area contributed by atoms with Gasteiger partial charge in [-0.05, 0) is 48.8 Å². The number of hydrogen-bond acceptors (Lipinski definition) is 4. The van der Waals surface area contributed by atoms with Crippen LogP contribution in [0.3, 0.4) is 0 Å². The molecule has 1 atom stereocenters. The first-order valence-corrected chi connectivity index (χ1v) is 8.45. The number of hydrogen-bond donors (Lipinski definition) is 1. The van der Waals surface area contributed by atoms with Gasteiger partial charge >= 0.3 is 5.97 Å². The highest BCUT2D eigenvalue weighted by atomic mass is 19.1. The van der Waals surface area contributed by atoms with Crippen molar-refractivity contribution in [2.45, 2.75) is 38.3 Å². The first-order chi connectivity index (χ1) is 11.1. The maximum atomic E-state index is 14.5. The lowest BCUT2D eigenvalue weighted by Crippen LogP contribution is -2.52. The number of fused-ring (bicyclic) bond motifs is 1. The topological polar surface area (TPSA) is 41.6 Å². The standard InChI is InChI=1S/C18H23FN2O2/c1-23-17(22)13-6-12-3-5-21(9-15(12)16(19)7-13)14-2-4-18(8-14)10-20-11-18/h6-7,14,20H,2-5,8-11H2,1H3. The molecule has 4 rings (SSSR count). The van der Waals surface area contributed by atoms with Crippen molar-refractivity contribution in [3.63, 3.8) is 0 Å². The molecule has 1 N–H and O–H groups in total. The zero-order valence-electron chi connectivity index (χ0n) is 13.5. The molecule has 1 spiro atoms. The van der Waals surface area contributed by atoms with Crippen molar-refractivity contribution in [2.24, 2.45) is 5.41 Å². The van der Waals surface area contributed by atoms with Gasteiger partial charge in [-0.25, -0.2) is 9.18 Å². The van der Waals surface area contributed by atoms with E-state index in [1.54, 1.807) is 6.07 Å². The van der Waals surface area contributed by atoms with Gasteiger partial charge in [0.25, 0.3) is 0 Å². The summed E-state index contributed by atoms with van der Waals surface area (Å²) in [6, 6.07) is 3.69.